The quantitative estimate of drug-likeness (QED) is 0.848. The summed E-state index contributed by atoms with van der Waals surface area (Å²) in [6.45, 7) is 5.25. The maximum Gasteiger partial charge on any atom is 0.282 e. The van der Waals surface area contributed by atoms with Gasteiger partial charge in [-0.25, -0.2) is 4.98 Å². The molecule has 0 saturated carbocycles. The van der Waals surface area contributed by atoms with Crippen LogP contribution in [0.25, 0.3) is 0 Å². The molecule has 19 heavy (non-hydrogen) atoms. The van der Waals surface area contributed by atoms with Crippen LogP contribution in [-0.4, -0.2) is 34.2 Å². The smallest absolute Gasteiger partial charge is 0.282 e. The van der Waals surface area contributed by atoms with E-state index in [2.05, 4.69) is 25.8 Å². The second-order valence-corrected chi connectivity index (χ2v) is 5.85. The zero-order chi connectivity index (χ0) is 13.7. The minimum absolute atomic E-state index is 0.186. The van der Waals surface area contributed by atoms with E-state index in [0.29, 0.717) is 16.7 Å². The lowest BCUT2D eigenvalue weighted by Crippen LogP contribution is -2.25. The fraction of sp³-hybridized carbons (Fsp3) is 0.455. The van der Waals surface area contributed by atoms with Gasteiger partial charge in [0.1, 0.15) is 0 Å². The number of thiazole rings is 1. The van der Waals surface area contributed by atoms with Crippen LogP contribution in [0.3, 0.4) is 0 Å². The Hall–Kier alpha value is -1.54. The number of carbonyl (C=O) groups excluding carboxylic acids is 1. The number of amides is 1. The lowest BCUT2D eigenvalue weighted by Gasteiger charge is -2.00. The van der Waals surface area contributed by atoms with E-state index >= 15 is 0 Å². The maximum atomic E-state index is 11.8. The molecule has 0 aliphatic carbocycles. The Balaban J connectivity index is 1.80. The highest BCUT2D eigenvalue weighted by Crippen LogP contribution is 2.14. The molecule has 0 radical (unpaired) electrons. The zero-order valence-electron chi connectivity index (χ0n) is 10.8. The van der Waals surface area contributed by atoms with E-state index in [1.54, 1.807) is 11.3 Å². The molecule has 2 N–H and O–H groups in total. The molecule has 2 heterocycles. The lowest BCUT2D eigenvalue weighted by molar-refractivity contribution is 0.0953. The molecule has 2 rings (SSSR count). The lowest BCUT2D eigenvalue weighted by atomic mass is 10.3. The van der Waals surface area contributed by atoms with Crippen molar-refractivity contribution in [1.29, 1.82) is 0 Å². The van der Waals surface area contributed by atoms with Gasteiger partial charge in [0.2, 0.25) is 10.1 Å². The molecular weight excluding hydrogens is 282 g/mol. The number of nitrogens with one attached hydrogen (secondary N) is 2. The Bertz CT molecular complexity index is 551. The van der Waals surface area contributed by atoms with Gasteiger partial charge < -0.3 is 10.6 Å². The van der Waals surface area contributed by atoms with Gasteiger partial charge in [-0.3, -0.25) is 4.79 Å². The van der Waals surface area contributed by atoms with Gasteiger partial charge >= 0.3 is 0 Å². The largest absolute Gasteiger partial charge is 0.360 e. The van der Waals surface area contributed by atoms with Crippen molar-refractivity contribution in [2.45, 2.75) is 20.3 Å². The van der Waals surface area contributed by atoms with Crippen LogP contribution in [0.1, 0.15) is 27.4 Å². The first kappa shape index (κ1) is 13.9. The third kappa shape index (κ3) is 3.97. The summed E-state index contributed by atoms with van der Waals surface area (Å²) in [5.41, 5.74) is 1.01. The highest BCUT2D eigenvalue weighted by molar-refractivity contribution is 7.17. The average Bonchev–Trinajstić information content (AvgIpc) is 2.99. The maximum absolute atomic E-state index is 11.8. The summed E-state index contributed by atoms with van der Waals surface area (Å²) in [6.07, 6.45) is 0.731. The molecule has 0 unspecified atom stereocenters. The van der Waals surface area contributed by atoms with Gasteiger partial charge in [0.15, 0.2) is 0 Å². The van der Waals surface area contributed by atoms with Gasteiger partial charge in [-0.2, -0.15) is 0 Å². The van der Waals surface area contributed by atoms with Gasteiger partial charge in [-0.05, 0) is 13.8 Å². The van der Waals surface area contributed by atoms with Crippen LogP contribution in [0.5, 0.6) is 0 Å². The number of rotatable bonds is 6. The summed E-state index contributed by atoms with van der Waals surface area (Å²) in [6, 6.07) is 0. The van der Waals surface area contributed by atoms with Crippen molar-refractivity contribution in [3.8, 4) is 0 Å². The van der Waals surface area contributed by atoms with Crippen molar-refractivity contribution in [1.82, 2.24) is 20.5 Å². The second-order valence-electron chi connectivity index (χ2n) is 3.81. The number of carbonyl (C=O) groups is 1. The number of aromatic nitrogens is 3. The van der Waals surface area contributed by atoms with E-state index in [9.17, 15) is 4.79 Å². The van der Waals surface area contributed by atoms with Crippen LogP contribution in [0.4, 0.5) is 5.13 Å². The third-order valence-electron chi connectivity index (χ3n) is 2.28. The molecule has 0 spiro atoms. The molecule has 0 bridgehead atoms. The summed E-state index contributed by atoms with van der Waals surface area (Å²) in [5, 5.41) is 17.7. The van der Waals surface area contributed by atoms with Crippen LogP contribution in [0.15, 0.2) is 5.38 Å². The minimum atomic E-state index is -0.186. The topological polar surface area (TPSA) is 79.8 Å². The molecule has 1 amide bonds. The van der Waals surface area contributed by atoms with Gasteiger partial charge in [0, 0.05) is 24.9 Å². The van der Waals surface area contributed by atoms with Crippen LogP contribution in [0, 0.1) is 6.92 Å². The van der Waals surface area contributed by atoms with Crippen molar-refractivity contribution in [3.05, 3.63) is 21.1 Å². The van der Waals surface area contributed by atoms with Crippen LogP contribution in [-0.2, 0) is 6.42 Å². The predicted molar refractivity (Wildman–Crippen MR) is 77.0 cm³/mol. The molecule has 2 aromatic heterocycles. The standard InChI is InChI=1S/C11H15N5OS2/c1-3-12-11-16-15-10(19-11)9(17)13-5-4-8-6-18-7(2)14-8/h6H,3-5H2,1-2H3,(H,12,16)(H,13,17). The molecule has 0 saturated heterocycles. The Kier molecular flexibility index (Phi) is 4.80. The average molecular weight is 297 g/mol. The van der Waals surface area contributed by atoms with Crippen molar-refractivity contribution in [2.24, 2.45) is 0 Å². The molecule has 0 fully saturated rings. The summed E-state index contributed by atoms with van der Waals surface area (Å²) in [7, 11) is 0. The van der Waals surface area contributed by atoms with E-state index in [0.717, 1.165) is 23.7 Å². The fourth-order valence-electron chi connectivity index (χ4n) is 1.44. The van der Waals surface area contributed by atoms with Crippen molar-refractivity contribution >= 4 is 33.7 Å². The number of hydrogen-bond acceptors (Lipinski definition) is 7. The monoisotopic (exact) mass is 297 g/mol. The van der Waals surface area contributed by atoms with Crippen LogP contribution < -0.4 is 10.6 Å². The van der Waals surface area contributed by atoms with Crippen molar-refractivity contribution in [3.63, 3.8) is 0 Å². The van der Waals surface area contributed by atoms with E-state index in [1.807, 2.05) is 19.2 Å². The van der Waals surface area contributed by atoms with E-state index < -0.39 is 0 Å². The molecule has 2 aromatic rings. The molecule has 0 aromatic carbocycles. The number of hydrogen-bond donors (Lipinski definition) is 2. The van der Waals surface area contributed by atoms with Gasteiger partial charge in [0.25, 0.3) is 5.91 Å². The second kappa shape index (κ2) is 6.58. The first-order valence-corrected chi connectivity index (χ1v) is 7.65. The Morgan fingerprint density at radius 1 is 1.42 bits per heavy atom. The fourth-order valence-corrected chi connectivity index (χ4v) is 2.82. The SMILES string of the molecule is CCNc1nnc(C(=O)NCCc2csc(C)n2)s1. The van der Waals surface area contributed by atoms with E-state index in [-0.39, 0.29) is 5.91 Å². The highest BCUT2D eigenvalue weighted by atomic mass is 32.1. The Morgan fingerprint density at radius 2 is 2.26 bits per heavy atom. The van der Waals surface area contributed by atoms with Gasteiger partial charge in [-0.1, -0.05) is 11.3 Å². The molecule has 0 aliphatic rings. The van der Waals surface area contributed by atoms with E-state index in [1.165, 1.54) is 11.3 Å². The third-order valence-corrected chi connectivity index (χ3v) is 3.98. The first-order chi connectivity index (χ1) is 9.19. The molecular formula is C11H15N5OS2. The first-order valence-electron chi connectivity index (χ1n) is 5.95. The van der Waals surface area contributed by atoms with Crippen LogP contribution in [0.2, 0.25) is 0 Å². The highest BCUT2D eigenvalue weighted by Gasteiger charge is 2.11. The minimum Gasteiger partial charge on any atom is -0.360 e. The molecule has 8 heteroatoms. The summed E-state index contributed by atoms with van der Waals surface area (Å²) in [5.74, 6) is -0.186. The number of aryl methyl sites for hydroxylation is 1. The molecule has 0 atom stereocenters. The van der Waals surface area contributed by atoms with Crippen molar-refractivity contribution in [2.75, 3.05) is 18.4 Å². The molecule has 0 aliphatic heterocycles. The summed E-state index contributed by atoms with van der Waals surface area (Å²) >= 11 is 2.87. The zero-order valence-corrected chi connectivity index (χ0v) is 12.4. The molecule has 102 valence electrons. The summed E-state index contributed by atoms with van der Waals surface area (Å²) < 4.78 is 0. The number of nitrogens with zero attached hydrogens (tertiary/aromatic N) is 3. The summed E-state index contributed by atoms with van der Waals surface area (Å²) in [4.78, 5) is 16.1. The Labute approximate surface area is 119 Å². The Morgan fingerprint density at radius 3 is 2.95 bits per heavy atom. The predicted octanol–water partition coefficient (Wildman–Crippen LogP) is 1.71. The van der Waals surface area contributed by atoms with Gasteiger partial charge in [-0.15, -0.1) is 21.5 Å². The molecule has 6 nitrogen and oxygen atoms in total. The van der Waals surface area contributed by atoms with Crippen molar-refractivity contribution < 1.29 is 4.79 Å². The normalized spacial score (nSPS) is 10.4. The van der Waals surface area contributed by atoms with Gasteiger partial charge in [0.05, 0.1) is 10.7 Å². The number of anilines is 1. The van der Waals surface area contributed by atoms with E-state index in [4.69, 9.17) is 0 Å². The van der Waals surface area contributed by atoms with Crippen LogP contribution >= 0.6 is 22.7 Å².